The van der Waals surface area contributed by atoms with Crippen molar-refractivity contribution in [1.29, 1.82) is 0 Å². The third-order valence-electron chi connectivity index (χ3n) is 5.18. The summed E-state index contributed by atoms with van der Waals surface area (Å²) in [6.45, 7) is 1.54. The second-order valence-corrected chi connectivity index (χ2v) is 8.24. The Bertz CT molecular complexity index is 744. The van der Waals surface area contributed by atoms with E-state index < -0.39 is 0 Å². The van der Waals surface area contributed by atoms with E-state index in [1.807, 2.05) is 18.2 Å². The Balaban J connectivity index is 1.36. The summed E-state index contributed by atoms with van der Waals surface area (Å²) >= 11 is 1.34. The van der Waals surface area contributed by atoms with Crippen LogP contribution in [0.25, 0.3) is 0 Å². The van der Waals surface area contributed by atoms with Gasteiger partial charge in [-0.25, -0.2) is 4.68 Å². The molecule has 1 amide bonds. The van der Waals surface area contributed by atoms with Crippen molar-refractivity contribution in [2.45, 2.75) is 49.6 Å². The van der Waals surface area contributed by atoms with Gasteiger partial charge < -0.3 is 16.1 Å². The van der Waals surface area contributed by atoms with Gasteiger partial charge in [-0.05, 0) is 31.4 Å². The van der Waals surface area contributed by atoms with Crippen molar-refractivity contribution in [3.05, 3.63) is 36.2 Å². The van der Waals surface area contributed by atoms with Crippen molar-refractivity contribution < 1.29 is 4.79 Å². The number of nitrogens with two attached hydrogens (primary N) is 1. The van der Waals surface area contributed by atoms with E-state index in [2.05, 4.69) is 39.6 Å². The lowest BCUT2D eigenvalue weighted by Gasteiger charge is -2.20. The maximum atomic E-state index is 12.1. The third-order valence-corrected chi connectivity index (χ3v) is 6.13. The van der Waals surface area contributed by atoms with Crippen molar-refractivity contribution in [1.82, 2.24) is 20.2 Å². The highest BCUT2D eigenvalue weighted by molar-refractivity contribution is 7.99. The van der Waals surface area contributed by atoms with Gasteiger partial charge in [-0.2, -0.15) is 0 Å². The van der Waals surface area contributed by atoms with Gasteiger partial charge in [0, 0.05) is 31.7 Å². The summed E-state index contributed by atoms with van der Waals surface area (Å²) in [6.07, 6.45) is 6.87. The van der Waals surface area contributed by atoms with Gasteiger partial charge in [-0.1, -0.05) is 49.2 Å². The molecule has 3 rings (SSSR count). The van der Waals surface area contributed by atoms with Crippen LogP contribution in [0.1, 0.15) is 50.3 Å². The number of amides is 1. The summed E-state index contributed by atoms with van der Waals surface area (Å²) in [4.78, 5) is 14.3. The Kier molecular flexibility index (Phi) is 7.59. The number of nitrogens with zero attached hydrogens (tertiary/aromatic N) is 4. The molecule has 8 heteroatoms. The maximum Gasteiger partial charge on any atom is 0.230 e. The number of rotatable bonds is 9. The molecule has 0 unspecified atom stereocenters. The molecule has 1 aromatic carbocycles. The molecule has 0 atom stereocenters. The fraction of sp³-hybridized carbons (Fsp3) is 0.550. The van der Waals surface area contributed by atoms with Gasteiger partial charge in [0.15, 0.2) is 5.82 Å². The average molecular weight is 403 g/mol. The minimum atomic E-state index is -0.00502. The highest BCUT2D eigenvalue weighted by Crippen LogP contribution is 2.32. The molecule has 152 valence electrons. The Hall–Kier alpha value is -2.22. The Morgan fingerprint density at radius 2 is 2.00 bits per heavy atom. The third kappa shape index (κ3) is 5.64. The molecule has 2 aromatic rings. The average Bonchev–Trinajstić information content (AvgIpc) is 3.11. The first-order valence-corrected chi connectivity index (χ1v) is 11.0. The lowest BCUT2D eigenvalue weighted by molar-refractivity contribution is -0.118. The smallest absolute Gasteiger partial charge is 0.230 e. The number of aromatic nitrogens is 3. The molecular formula is C20H30N6OS. The van der Waals surface area contributed by atoms with Crippen molar-refractivity contribution in [2.24, 2.45) is 0 Å². The van der Waals surface area contributed by atoms with E-state index in [-0.39, 0.29) is 5.91 Å². The minimum Gasteiger partial charge on any atom is -0.375 e. The van der Waals surface area contributed by atoms with Gasteiger partial charge in [-0.15, -0.1) is 10.2 Å². The second kappa shape index (κ2) is 10.4. The normalized spacial score (nSPS) is 14.8. The molecule has 1 heterocycles. The van der Waals surface area contributed by atoms with Crippen LogP contribution in [0.15, 0.2) is 35.5 Å². The van der Waals surface area contributed by atoms with Gasteiger partial charge in [0.25, 0.3) is 0 Å². The molecule has 1 fully saturated rings. The molecule has 0 saturated heterocycles. The molecule has 3 N–H and O–H groups in total. The monoisotopic (exact) mass is 402 g/mol. The molecule has 7 nitrogen and oxygen atoms in total. The van der Waals surface area contributed by atoms with Gasteiger partial charge in [0.2, 0.25) is 11.1 Å². The maximum absolute atomic E-state index is 12.1. The summed E-state index contributed by atoms with van der Waals surface area (Å²) in [5.74, 6) is 7.71. The van der Waals surface area contributed by atoms with E-state index in [1.165, 1.54) is 36.7 Å². The molecule has 1 aromatic heterocycles. The van der Waals surface area contributed by atoms with Crippen molar-refractivity contribution >= 4 is 23.4 Å². The van der Waals surface area contributed by atoms with Crippen LogP contribution >= 0.6 is 11.8 Å². The van der Waals surface area contributed by atoms with Crippen LogP contribution < -0.4 is 16.1 Å². The highest BCUT2D eigenvalue weighted by atomic mass is 32.2. The largest absolute Gasteiger partial charge is 0.375 e. The van der Waals surface area contributed by atoms with Crippen LogP contribution in [-0.4, -0.2) is 46.7 Å². The quantitative estimate of drug-likeness (QED) is 0.381. The predicted octanol–water partition coefficient (Wildman–Crippen LogP) is 2.77. The fourth-order valence-electron chi connectivity index (χ4n) is 3.56. The number of para-hydroxylation sites is 1. The predicted molar refractivity (Wildman–Crippen MR) is 114 cm³/mol. The molecule has 0 aliphatic heterocycles. The number of carbonyl (C=O) groups excluding carboxylic acids is 1. The summed E-state index contributed by atoms with van der Waals surface area (Å²) in [5, 5.41) is 12.0. The second-order valence-electron chi connectivity index (χ2n) is 7.29. The van der Waals surface area contributed by atoms with Gasteiger partial charge in [-0.3, -0.25) is 4.79 Å². The number of nitrogen functional groups attached to an aromatic ring is 1. The van der Waals surface area contributed by atoms with Crippen LogP contribution in [0.5, 0.6) is 0 Å². The minimum absolute atomic E-state index is 0.00502. The topological polar surface area (TPSA) is 89.1 Å². The Morgan fingerprint density at radius 1 is 1.25 bits per heavy atom. The molecule has 1 aliphatic rings. The molecule has 0 spiro atoms. The van der Waals surface area contributed by atoms with Crippen LogP contribution in [0, 0.1) is 0 Å². The van der Waals surface area contributed by atoms with E-state index in [9.17, 15) is 4.79 Å². The van der Waals surface area contributed by atoms with Crippen LogP contribution in [-0.2, 0) is 4.79 Å². The number of anilines is 1. The summed E-state index contributed by atoms with van der Waals surface area (Å²) in [6, 6.07) is 10.2. The first kappa shape index (κ1) is 20.5. The number of thioether (sulfide) groups is 1. The Labute approximate surface area is 171 Å². The van der Waals surface area contributed by atoms with E-state index >= 15 is 0 Å². The SMILES string of the molecule is CN(CCCNC(=O)CSc1nnc(C2CCCCC2)n1N)c1ccccc1. The zero-order chi connectivity index (χ0) is 19.8. The van der Waals surface area contributed by atoms with Gasteiger partial charge >= 0.3 is 0 Å². The molecule has 0 bridgehead atoms. The first-order valence-electron chi connectivity index (χ1n) is 10.0. The zero-order valence-electron chi connectivity index (χ0n) is 16.5. The van der Waals surface area contributed by atoms with Crippen molar-refractivity contribution in [2.75, 3.05) is 36.6 Å². The lowest BCUT2D eigenvalue weighted by Crippen LogP contribution is -2.29. The zero-order valence-corrected chi connectivity index (χ0v) is 17.3. The molecule has 0 radical (unpaired) electrons. The van der Waals surface area contributed by atoms with E-state index in [0.717, 1.165) is 31.6 Å². The number of nitrogens with one attached hydrogen (secondary N) is 1. The lowest BCUT2D eigenvalue weighted by atomic mass is 9.89. The van der Waals surface area contributed by atoms with E-state index in [1.54, 1.807) is 4.68 Å². The fourth-order valence-corrected chi connectivity index (χ4v) is 4.26. The molecule has 1 aliphatic carbocycles. The van der Waals surface area contributed by atoms with Crippen molar-refractivity contribution in [3.8, 4) is 0 Å². The van der Waals surface area contributed by atoms with E-state index in [4.69, 9.17) is 5.84 Å². The number of benzene rings is 1. The Morgan fingerprint density at radius 3 is 2.75 bits per heavy atom. The summed E-state index contributed by atoms with van der Waals surface area (Å²) in [5.41, 5.74) is 1.18. The molecule has 28 heavy (non-hydrogen) atoms. The van der Waals surface area contributed by atoms with Crippen molar-refractivity contribution in [3.63, 3.8) is 0 Å². The van der Waals surface area contributed by atoms with Crippen LogP contribution in [0.2, 0.25) is 0 Å². The van der Waals surface area contributed by atoms with Crippen LogP contribution in [0.3, 0.4) is 0 Å². The molecular weight excluding hydrogens is 372 g/mol. The highest BCUT2D eigenvalue weighted by Gasteiger charge is 2.22. The van der Waals surface area contributed by atoms with Crippen LogP contribution in [0.4, 0.5) is 5.69 Å². The molecule has 1 saturated carbocycles. The number of hydrogen-bond donors (Lipinski definition) is 2. The first-order chi connectivity index (χ1) is 13.6. The van der Waals surface area contributed by atoms with E-state index in [0.29, 0.717) is 23.4 Å². The van der Waals surface area contributed by atoms with Gasteiger partial charge in [0.05, 0.1) is 5.75 Å². The summed E-state index contributed by atoms with van der Waals surface area (Å²) < 4.78 is 1.57. The van der Waals surface area contributed by atoms with Gasteiger partial charge in [0.1, 0.15) is 0 Å². The standard InChI is InChI=1S/C20H30N6OS/c1-25(17-11-6-3-7-12-17)14-8-13-22-18(27)15-28-20-24-23-19(26(20)21)16-9-4-2-5-10-16/h3,6-7,11-12,16H,2,4-5,8-10,13-15,21H2,1H3,(H,22,27). The number of hydrogen-bond acceptors (Lipinski definition) is 6. The number of carbonyl (C=O) groups is 1. The summed E-state index contributed by atoms with van der Waals surface area (Å²) in [7, 11) is 2.06.